The maximum atomic E-state index is 11.8. The number of carbonyl (C=O) groups is 2. The van der Waals surface area contributed by atoms with Gasteiger partial charge in [0.25, 0.3) is 0 Å². The third kappa shape index (κ3) is 5.22. The van der Waals surface area contributed by atoms with Crippen molar-refractivity contribution in [3.05, 3.63) is 35.4 Å². The number of hydrogen-bond donors (Lipinski definition) is 2. The molecule has 1 aliphatic rings. The van der Waals surface area contributed by atoms with Gasteiger partial charge in [-0.1, -0.05) is 12.1 Å². The fourth-order valence-corrected chi connectivity index (χ4v) is 2.79. The van der Waals surface area contributed by atoms with E-state index in [-0.39, 0.29) is 30.3 Å². The lowest BCUT2D eigenvalue weighted by Gasteiger charge is -2.10. The summed E-state index contributed by atoms with van der Waals surface area (Å²) in [5.41, 5.74) is 1.48. The van der Waals surface area contributed by atoms with Crippen molar-refractivity contribution >= 4 is 36.0 Å². The van der Waals surface area contributed by atoms with Crippen molar-refractivity contribution < 1.29 is 14.3 Å². The normalized spacial score (nSPS) is 16.9. The quantitative estimate of drug-likeness (QED) is 0.802. The van der Waals surface area contributed by atoms with Gasteiger partial charge in [0.05, 0.1) is 18.2 Å². The summed E-state index contributed by atoms with van der Waals surface area (Å²) < 4.78 is 4.91. The highest BCUT2D eigenvalue weighted by atomic mass is 35.5. The molecule has 2 N–H and O–H groups in total. The molecule has 116 valence electrons. The van der Waals surface area contributed by atoms with Gasteiger partial charge in [-0.25, -0.2) is 4.79 Å². The number of benzene rings is 1. The SMILES string of the molecule is CCOC(=O)c1ccc(CNC(=O)C2CSCN2)cc1.Cl. The van der Waals surface area contributed by atoms with Gasteiger partial charge in [0, 0.05) is 18.2 Å². The average Bonchev–Trinajstić information content (AvgIpc) is 3.00. The first-order chi connectivity index (χ1) is 9.70. The Kier molecular flexibility index (Phi) is 7.56. The van der Waals surface area contributed by atoms with Crippen LogP contribution in [-0.4, -0.2) is 36.2 Å². The van der Waals surface area contributed by atoms with Gasteiger partial charge in [0.15, 0.2) is 0 Å². The van der Waals surface area contributed by atoms with E-state index in [9.17, 15) is 9.59 Å². The third-order valence-corrected chi connectivity index (χ3v) is 3.90. The van der Waals surface area contributed by atoms with Crippen molar-refractivity contribution in [3.8, 4) is 0 Å². The molecule has 0 spiro atoms. The fourth-order valence-electron chi connectivity index (χ4n) is 1.85. The number of nitrogens with one attached hydrogen (secondary N) is 2. The molecule has 1 aromatic carbocycles. The van der Waals surface area contributed by atoms with Crippen LogP contribution >= 0.6 is 24.2 Å². The van der Waals surface area contributed by atoms with Crippen LogP contribution in [-0.2, 0) is 16.1 Å². The minimum atomic E-state index is -0.324. The highest BCUT2D eigenvalue weighted by Gasteiger charge is 2.21. The highest BCUT2D eigenvalue weighted by molar-refractivity contribution is 7.99. The predicted octanol–water partition coefficient (Wildman–Crippen LogP) is 1.56. The maximum absolute atomic E-state index is 11.8. The molecule has 1 unspecified atom stereocenters. The third-order valence-electron chi connectivity index (χ3n) is 2.96. The number of carbonyl (C=O) groups excluding carboxylic acids is 2. The molecule has 7 heteroatoms. The summed E-state index contributed by atoms with van der Waals surface area (Å²) in [5.74, 6) is 1.33. The average molecular weight is 331 g/mol. The van der Waals surface area contributed by atoms with Crippen molar-refractivity contribution in [1.29, 1.82) is 0 Å². The molecule has 1 saturated heterocycles. The van der Waals surface area contributed by atoms with E-state index in [2.05, 4.69) is 10.6 Å². The lowest BCUT2D eigenvalue weighted by Crippen LogP contribution is -2.41. The standard InChI is InChI=1S/C14H18N2O3S.ClH/c1-2-19-14(18)11-5-3-10(4-6-11)7-15-13(17)12-8-20-9-16-12;/h3-6,12,16H,2,7-9H2,1H3,(H,15,17);1H. The van der Waals surface area contributed by atoms with Gasteiger partial charge in [-0.15, -0.1) is 24.2 Å². The molecule has 0 bridgehead atoms. The molecule has 0 aliphatic carbocycles. The van der Waals surface area contributed by atoms with E-state index in [4.69, 9.17) is 4.74 Å². The lowest BCUT2D eigenvalue weighted by molar-refractivity contribution is -0.122. The van der Waals surface area contributed by atoms with Crippen LogP contribution in [0.25, 0.3) is 0 Å². The van der Waals surface area contributed by atoms with Crippen molar-refractivity contribution in [2.45, 2.75) is 19.5 Å². The number of rotatable bonds is 5. The van der Waals surface area contributed by atoms with E-state index in [1.54, 1.807) is 30.8 Å². The molecule has 2 rings (SSSR count). The van der Waals surface area contributed by atoms with Gasteiger partial charge in [0.1, 0.15) is 0 Å². The van der Waals surface area contributed by atoms with Gasteiger partial charge >= 0.3 is 5.97 Å². The summed E-state index contributed by atoms with van der Waals surface area (Å²) in [6.45, 7) is 2.60. The molecular formula is C14H19ClN2O3S. The Labute approximate surface area is 134 Å². The Hall–Kier alpha value is -1.24. The van der Waals surface area contributed by atoms with E-state index >= 15 is 0 Å². The number of halogens is 1. The van der Waals surface area contributed by atoms with Crippen LogP contribution in [0.15, 0.2) is 24.3 Å². The van der Waals surface area contributed by atoms with Crippen molar-refractivity contribution in [2.75, 3.05) is 18.2 Å². The van der Waals surface area contributed by atoms with E-state index in [0.717, 1.165) is 17.2 Å². The number of amides is 1. The highest BCUT2D eigenvalue weighted by Crippen LogP contribution is 2.10. The van der Waals surface area contributed by atoms with E-state index in [1.807, 2.05) is 12.1 Å². The molecule has 0 aromatic heterocycles. The van der Waals surface area contributed by atoms with Crippen LogP contribution in [0.5, 0.6) is 0 Å². The van der Waals surface area contributed by atoms with Crippen molar-refractivity contribution in [2.24, 2.45) is 0 Å². The van der Waals surface area contributed by atoms with Crippen LogP contribution in [0.1, 0.15) is 22.8 Å². The number of ether oxygens (including phenoxy) is 1. The summed E-state index contributed by atoms with van der Waals surface area (Å²) in [6, 6.07) is 6.97. The second-order valence-corrected chi connectivity index (χ2v) is 5.44. The van der Waals surface area contributed by atoms with Gasteiger partial charge in [-0.2, -0.15) is 0 Å². The Balaban J connectivity index is 0.00000220. The molecule has 1 fully saturated rings. The smallest absolute Gasteiger partial charge is 0.338 e. The molecule has 1 atom stereocenters. The lowest BCUT2D eigenvalue weighted by atomic mass is 10.1. The van der Waals surface area contributed by atoms with Crippen LogP contribution in [0.4, 0.5) is 0 Å². The molecule has 1 heterocycles. The second kappa shape index (κ2) is 8.92. The summed E-state index contributed by atoms with van der Waals surface area (Å²) in [7, 11) is 0. The zero-order valence-corrected chi connectivity index (χ0v) is 13.4. The zero-order chi connectivity index (χ0) is 14.4. The molecule has 0 saturated carbocycles. The predicted molar refractivity (Wildman–Crippen MR) is 85.7 cm³/mol. The fraction of sp³-hybridized carbons (Fsp3) is 0.429. The Bertz CT molecular complexity index is 476. The topological polar surface area (TPSA) is 67.4 Å². The van der Waals surface area contributed by atoms with E-state index in [1.165, 1.54) is 0 Å². The van der Waals surface area contributed by atoms with Crippen molar-refractivity contribution in [1.82, 2.24) is 10.6 Å². The Morgan fingerprint density at radius 2 is 2.10 bits per heavy atom. The summed E-state index contributed by atoms with van der Waals surface area (Å²) in [6.07, 6.45) is 0. The van der Waals surface area contributed by atoms with Gasteiger partial charge < -0.3 is 10.1 Å². The number of hydrogen-bond acceptors (Lipinski definition) is 5. The molecule has 1 aromatic rings. The molecule has 1 amide bonds. The largest absolute Gasteiger partial charge is 0.462 e. The van der Waals surface area contributed by atoms with Gasteiger partial charge in [-0.05, 0) is 24.6 Å². The summed E-state index contributed by atoms with van der Waals surface area (Å²) in [5, 5.41) is 6.00. The number of thioether (sulfide) groups is 1. The monoisotopic (exact) mass is 330 g/mol. The Morgan fingerprint density at radius 3 is 2.67 bits per heavy atom. The van der Waals surface area contributed by atoms with E-state index in [0.29, 0.717) is 18.7 Å². The van der Waals surface area contributed by atoms with E-state index < -0.39 is 0 Å². The van der Waals surface area contributed by atoms with Crippen LogP contribution in [0.2, 0.25) is 0 Å². The molecule has 5 nitrogen and oxygen atoms in total. The van der Waals surface area contributed by atoms with Crippen LogP contribution in [0.3, 0.4) is 0 Å². The van der Waals surface area contributed by atoms with Gasteiger partial charge in [-0.3, -0.25) is 10.1 Å². The first kappa shape index (κ1) is 17.8. The van der Waals surface area contributed by atoms with Crippen LogP contribution < -0.4 is 10.6 Å². The van der Waals surface area contributed by atoms with Crippen molar-refractivity contribution in [3.63, 3.8) is 0 Å². The van der Waals surface area contributed by atoms with Gasteiger partial charge in [0.2, 0.25) is 5.91 Å². The second-order valence-electron chi connectivity index (χ2n) is 4.41. The Morgan fingerprint density at radius 1 is 1.38 bits per heavy atom. The molecule has 0 radical (unpaired) electrons. The van der Waals surface area contributed by atoms with Crippen LogP contribution in [0, 0.1) is 0 Å². The number of esters is 1. The summed E-state index contributed by atoms with van der Waals surface area (Å²) in [4.78, 5) is 23.3. The zero-order valence-electron chi connectivity index (χ0n) is 11.8. The molecular weight excluding hydrogens is 312 g/mol. The first-order valence-corrected chi connectivity index (χ1v) is 7.71. The summed E-state index contributed by atoms with van der Waals surface area (Å²) >= 11 is 1.72. The molecule has 1 aliphatic heterocycles. The first-order valence-electron chi connectivity index (χ1n) is 6.55. The minimum Gasteiger partial charge on any atom is -0.462 e. The maximum Gasteiger partial charge on any atom is 0.338 e. The molecule has 21 heavy (non-hydrogen) atoms. The minimum absolute atomic E-state index is 0.